The van der Waals surface area contributed by atoms with Crippen molar-refractivity contribution in [1.29, 1.82) is 5.26 Å². The van der Waals surface area contributed by atoms with E-state index in [0.29, 0.717) is 18.9 Å². The maximum atomic E-state index is 12.9. The molecule has 0 atom stereocenters. The van der Waals surface area contributed by atoms with Crippen LogP contribution in [0.5, 0.6) is 0 Å². The molecule has 0 bridgehead atoms. The van der Waals surface area contributed by atoms with Crippen molar-refractivity contribution in [3.8, 4) is 6.07 Å². The first-order chi connectivity index (χ1) is 9.84. The van der Waals surface area contributed by atoms with E-state index in [4.69, 9.17) is 5.26 Å². The highest BCUT2D eigenvalue weighted by Gasteiger charge is 2.35. The van der Waals surface area contributed by atoms with Crippen LogP contribution in [0.25, 0.3) is 0 Å². The van der Waals surface area contributed by atoms with Crippen LogP contribution in [0.4, 0.5) is 18.9 Å². The van der Waals surface area contributed by atoms with Crippen molar-refractivity contribution in [2.45, 2.75) is 31.9 Å². The number of nitrogens with zero attached hydrogens (tertiary/aromatic N) is 2. The minimum atomic E-state index is -4.72. The lowest BCUT2D eigenvalue weighted by molar-refractivity contribution is -0.138. The Labute approximate surface area is 118 Å². The van der Waals surface area contributed by atoms with Gasteiger partial charge in [0.25, 0.3) is 0 Å². The number of halogens is 3. The molecule has 110 valence electrons. The van der Waals surface area contributed by atoms with Crippen LogP contribution in [0.3, 0.4) is 0 Å². The monoisotopic (exact) mass is 296 g/mol. The molecule has 1 aromatic carbocycles. The van der Waals surface area contributed by atoms with Crippen molar-refractivity contribution in [1.82, 2.24) is 0 Å². The average molecular weight is 296 g/mol. The fourth-order valence-electron chi connectivity index (χ4n) is 2.21. The molecule has 0 unspecified atom stereocenters. The first-order valence-electron chi connectivity index (χ1n) is 6.31. The lowest BCUT2D eigenvalue weighted by Gasteiger charge is -2.20. The van der Waals surface area contributed by atoms with Gasteiger partial charge in [0.05, 0.1) is 22.9 Å². The Morgan fingerprint density at radius 3 is 2.14 bits per heavy atom. The highest BCUT2D eigenvalue weighted by Crippen LogP contribution is 2.35. The van der Waals surface area contributed by atoms with Gasteiger partial charge >= 0.3 is 6.18 Å². The Kier molecular flexibility index (Phi) is 3.98. The summed E-state index contributed by atoms with van der Waals surface area (Å²) in [5.41, 5.74) is -1.83. The molecule has 7 heteroatoms. The second-order valence-electron chi connectivity index (χ2n) is 4.67. The number of rotatable bonds is 1. The first-order valence-corrected chi connectivity index (χ1v) is 6.31. The van der Waals surface area contributed by atoms with Crippen LogP contribution in [-0.2, 0) is 15.8 Å². The number of carbonyl (C=O) groups excluding carboxylic acids is 2. The number of benzene rings is 1. The number of nitriles is 1. The van der Waals surface area contributed by atoms with Gasteiger partial charge in [-0.05, 0) is 31.0 Å². The quantitative estimate of drug-likeness (QED) is 0.748. The first kappa shape index (κ1) is 15.0. The molecule has 1 heterocycles. The summed E-state index contributed by atoms with van der Waals surface area (Å²) in [4.78, 5) is 24.6. The molecule has 0 aromatic heterocycles. The van der Waals surface area contributed by atoms with E-state index in [1.165, 1.54) is 12.1 Å². The average Bonchev–Trinajstić information content (AvgIpc) is 2.58. The van der Waals surface area contributed by atoms with Crippen molar-refractivity contribution in [3.63, 3.8) is 0 Å². The van der Waals surface area contributed by atoms with Gasteiger partial charge in [0.15, 0.2) is 0 Å². The van der Waals surface area contributed by atoms with E-state index in [-0.39, 0.29) is 18.5 Å². The molecule has 0 aliphatic carbocycles. The van der Waals surface area contributed by atoms with Gasteiger partial charge in [-0.1, -0.05) is 0 Å². The number of hydrogen-bond acceptors (Lipinski definition) is 3. The zero-order valence-corrected chi connectivity index (χ0v) is 10.9. The van der Waals surface area contributed by atoms with E-state index >= 15 is 0 Å². The normalized spacial score (nSPS) is 16.6. The fraction of sp³-hybridized carbons (Fsp3) is 0.357. The SMILES string of the molecule is N#Cc1ccc(N2C(=O)CCCCC2=O)cc1C(F)(F)F. The molecule has 2 amide bonds. The van der Waals surface area contributed by atoms with Gasteiger partial charge in [-0.15, -0.1) is 0 Å². The highest BCUT2D eigenvalue weighted by atomic mass is 19.4. The molecule has 1 fully saturated rings. The Balaban J connectivity index is 2.51. The molecular weight excluding hydrogens is 285 g/mol. The van der Waals surface area contributed by atoms with Gasteiger partial charge < -0.3 is 0 Å². The summed E-state index contributed by atoms with van der Waals surface area (Å²) < 4.78 is 38.8. The minimum Gasteiger partial charge on any atom is -0.274 e. The lowest BCUT2D eigenvalue weighted by Crippen LogP contribution is -2.35. The molecule has 1 aromatic rings. The van der Waals surface area contributed by atoms with Crippen LogP contribution >= 0.6 is 0 Å². The van der Waals surface area contributed by atoms with Crippen LogP contribution in [-0.4, -0.2) is 11.8 Å². The fourth-order valence-corrected chi connectivity index (χ4v) is 2.21. The van der Waals surface area contributed by atoms with Crippen molar-refractivity contribution in [2.24, 2.45) is 0 Å². The zero-order chi connectivity index (χ0) is 15.6. The third-order valence-corrected chi connectivity index (χ3v) is 3.22. The molecule has 1 saturated heterocycles. The van der Waals surface area contributed by atoms with E-state index in [0.717, 1.165) is 11.0 Å². The predicted molar refractivity (Wildman–Crippen MR) is 67.1 cm³/mol. The smallest absolute Gasteiger partial charge is 0.274 e. The van der Waals surface area contributed by atoms with Gasteiger partial charge in [0.2, 0.25) is 11.8 Å². The Morgan fingerprint density at radius 2 is 1.67 bits per heavy atom. The molecule has 2 rings (SSSR count). The Bertz CT molecular complexity index is 614. The summed E-state index contributed by atoms with van der Waals surface area (Å²) in [5, 5.41) is 8.73. The molecule has 1 aliphatic rings. The van der Waals surface area contributed by atoms with E-state index < -0.39 is 29.1 Å². The van der Waals surface area contributed by atoms with E-state index in [2.05, 4.69) is 0 Å². The summed E-state index contributed by atoms with van der Waals surface area (Å²) in [7, 11) is 0. The molecule has 0 N–H and O–H groups in total. The van der Waals surface area contributed by atoms with Gasteiger partial charge in [-0.25, -0.2) is 0 Å². The number of amides is 2. The predicted octanol–water partition coefficient (Wildman–Crippen LogP) is 3.01. The Morgan fingerprint density at radius 1 is 1.10 bits per heavy atom. The summed E-state index contributed by atoms with van der Waals surface area (Å²) in [6.07, 6.45) is -3.42. The summed E-state index contributed by atoms with van der Waals surface area (Å²) in [6.45, 7) is 0. The third-order valence-electron chi connectivity index (χ3n) is 3.22. The molecule has 4 nitrogen and oxygen atoms in total. The van der Waals surface area contributed by atoms with Crippen LogP contribution in [0.2, 0.25) is 0 Å². The van der Waals surface area contributed by atoms with Crippen molar-refractivity contribution in [2.75, 3.05) is 4.90 Å². The second kappa shape index (κ2) is 5.56. The molecule has 1 aliphatic heterocycles. The molecule has 0 spiro atoms. The second-order valence-corrected chi connectivity index (χ2v) is 4.67. The van der Waals surface area contributed by atoms with Crippen LogP contribution in [0, 0.1) is 11.3 Å². The maximum Gasteiger partial charge on any atom is 0.417 e. The molecular formula is C14H11F3N2O2. The molecule has 0 radical (unpaired) electrons. The summed E-state index contributed by atoms with van der Waals surface area (Å²) in [6, 6.07) is 4.30. The van der Waals surface area contributed by atoms with Gasteiger partial charge in [-0.2, -0.15) is 18.4 Å². The lowest BCUT2D eigenvalue weighted by atomic mass is 10.1. The number of anilines is 1. The van der Waals surface area contributed by atoms with Gasteiger partial charge in [0, 0.05) is 12.8 Å². The van der Waals surface area contributed by atoms with Crippen LogP contribution in [0.15, 0.2) is 18.2 Å². The summed E-state index contributed by atoms with van der Waals surface area (Å²) in [5.74, 6) is -1.04. The van der Waals surface area contributed by atoms with Gasteiger partial charge in [0.1, 0.15) is 0 Å². The molecule has 21 heavy (non-hydrogen) atoms. The van der Waals surface area contributed by atoms with E-state index in [1.807, 2.05) is 0 Å². The third kappa shape index (κ3) is 3.05. The topological polar surface area (TPSA) is 61.2 Å². The summed E-state index contributed by atoms with van der Waals surface area (Å²) >= 11 is 0. The van der Waals surface area contributed by atoms with Crippen molar-refractivity contribution < 1.29 is 22.8 Å². The maximum absolute atomic E-state index is 12.9. The van der Waals surface area contributed by atoms with Crippen molar-refractivity contribution in [3.05, 3.63) is 29.3 Å². The van der Waals surface area contributed by atoms with Crippen LogP contribution in [0.1, 0.15) is 36.8 Å². The number of alkyl halides is 3. The largest absolute Gasteiger partial charge is 0.417 e. The number of hydrogen-bond donors (Lipinski definition) is 0. The van der Waals surface area contributed by atoms with Crippen LogP contribution < -0.4 is 4.90 Å². The van der Waals surface area contributed by atoms with E-state index in [9.17, 15) is 22.8 Å². The van der Waals surface area contributed by atoms with Crippen molar-refractivity contribution >= 4 is 17.5 Å². The molecule has 0 saturated carbocycles. The van der Waals surface area contributed by atoms with Gasteiger partial charge in [-0.3, -0.25) is 14.5 Å². The van der Waals surface area contributed by atoms with E-state index in [1.54, 1.807) is 0 Å². The number of imide groups is 1. The zero-order valence-electron chi connectivity index (χ0n) is 10.9. The Hall–Kier alpha value is -2.36. The standard InChI is InChI=1S/C14H11F3N2O2/c15-14(16,17)11-7-10(6-5-9(11)8-18)19-12(20)3-1-2-4-13(19)21/h5-7H,1-4H2. The number of carbonyl (C=O) groups is 2. The highest BCUT2D eigenvalue weighted by molar-refractivity contribution is 6.15. The minimum absolute atomic E-state index is 0.118.